The average molecular weight is 344 g/mol. The van der Waals surface area contributed by atoms with Gasteiger partial charge in [0.2, 0.25) is 0 Å². The van der Waals surface area contributed by atoms with Crippen LogP contribution in [0.4, 0.5) is 19.0 Å². The lowest BCUT2D eigenvalue weighted by Gasteiger charge is -2.17. The molecule has 4 nitrogen and oxygen atoms in total. The van der Waals surface area contributed by atoms with Crippen LogP contribution in [0.15, 0.2) is 12.3 Å². The predicted molar refractivity (Wildman–Crippen MR) is 70.4 cm³/mol. The molecule has 1 aromatic rings. The lowest BCUT2D eigenvalue weighted by molar-refractivity contribution is -0.367. The number of anilines is 1. The maximum Gasteiger partial charge on any atom is 0.419 e. The Hall–Kier alpha value is -1.21. The molecular weight excluding hydrogens is 332 g/mol. The van der Waals surface area contributed by atoms with Gasteiger partial charge in [0.1, 0.15) is 17.8 Å². The molecular formula is C12H12Cl2F3N2O2+. The van der Waals surface area contributed by atoms with E-state index >= 15 is 0 Å². The Bertz CT molecular complexity index is 554. The highest BCUT2D eigenvalue weighted by Crippen LogP contribution is 2.35. The highest BCUT2D eigenvalue weighted by Gasteiger charge is 2.44. The molecule has 0 bridgehead atoms. The van der Waals surface area contributed by atoms with E-state index in [1.807, 2.05) is 0 Å². The van der Waals surface area contributed by atoms with E-state index < -0.39 is 23.8 Å². The second-order valence-corrected chi connectivity index (χ2v) is 5.63. The fourth-order valence-electron chi connectivity index (χ4n) is 2.24. The molecule has 2 heterocycles. The molecule has 0 unspecified atom stereocenters. The highest BCUT2D eigenvalue weighted by atomic mass is 35.5. The van der Waals surface area contributed by atoms with Crippen molar-refractivity contribution >= 4 is 35.0 Å². The molecule has 2 atom stereocenters. The standard InChI is InChI=1S/C12H11Cl2F3N2O2/c1-21-11(20)9-3-7(13)5-19(9)10-8(14)2-6(4-18-10)12(15,16)17/h2,4,7,9H,3,5H2,1H3/p+1/t7-,9+/m1/s1. The Balaban J connectivity index is 2.34. The molecule has 0 spiro atoms. The van der Waals surface area contributed by atoms with Crippen molar-refractivity contribution in [2.75, 3.05) is 18.6 Å². The zero-order valence-electron chi connectivity index (χ0n) is 10.9. The van der Waals surface area contributed by atoms with Crippen molar-refractivity contribution in [3.8, 4) is 0 Å². The van der Waals surface area contributed by atoms with Gasteiger partial charge in [0.15, 0.2) is 6.04 Å². The number of halogens is 5. The number of nitrogens with zero attached hydrogens (tertiary/aromatic N) is 1. The summed E-state index contributed by atoms with van der Waals surface area (Å²) in [7, 11) is 1.24. The minimum absolute atomic E-state index is 0.135. The molecule has 2 rings (SSSR count). The van der Waals surface area contributed by atoms with Crippen molar-refractivity contribution in [1.29, 1.82) is 0 Å². The molecule has 9 heteroatoms. The number of nitrogens with one attached hydrogen (secondary N) is 1. The first-order chi connectivity index (χ1) is 9.74. The van der Waals surface area contributed by atoms with E-state index in [9.17, 15) is 18.0 Å². The molecule has 1 fully saturated rings. The Morgan fingerprint density at radius 2 is 2.19 bits per heavy atom. The first-order valence-corrected chi connectivity index (χ1v) is 6.82. The number of H-pyrrole nitrogens is 1. The first-order valence-electron chi connectivity index (χ1n) is 6.01. The Labute approximate surface area is 128 Å². The molecule has 116 valence electrons. The van der Waals surface area contributed by atoms with Crippen molar-refractivity contribution in [2.45, 2.75) is 24.0 Å². The van der Waals surface area contributed by atoms with Crippen LogP contribution in [0, 0.1) is 0 Å². The number of aromatic amines is 1. The van der Waals surface area contributed by atoms with Gasteiger partial charge in [-0.2, -0.15) is 13.2 Å². The predicted octanol–water partition coefficient (Wildman–Crippen LogP) is 2.53. The zero-order chi connectivity index (χ0) is 15.8. The van der Waals surface area contributed by atoms with Crippen LogP contribution in [0.2, 0.25) is 5.02 Å². The van der Waals surface area contributed by atoms with Gasteiger partial charge in [-0.15, -0.1) is 11.6 Å². The SMILES string of the molecule is COC(=O)[C@@H]1C[C@@H](Cl)CN1c1[nH+]cc(C(F)(F)F)cc1Cl. The summed E-state index contributed by atoms with van der Waals surface area (Å²) >= 11 is 11.9. The molecule has 0 aliphatic carbocycles. The monoisotopic (exact) mass is 343 g/mol. The van der Waals surface area contributed by atoms with Crippen LogP contribution in [-0.2, 0) is 15.7 Å². The van der Waals surface area contributed by atoms with Crippen molar-refractivity contribution in [2.24, 2.45) is 0 Å². The lowest BCUT2D eigenvalue weighted by Crippen LogP contribution is -2.40. The van der Waals surface area contributed by atoms with Crippen molar-refractivity contribution in [1.82, 2.24) is 0 Å². The van der Waals surface area contributed by atoms with Gasteiger partial charge in [-0.05, 0) is 6.07 Å². The molecule has 1 saturated heterocycles. The van der Waals surface area contributed by atoms with E-state index in [1.54, 1.807) is 0 Å². The molecule has 1 N–H and O–H groups in total. The molecule has 1 aromatic heterocycles. The summed E-state index contributed by atoms with van der Waals surface area (Å²) in [6.45, 7) is 0.281. The average Bonchev–Trinajstić information content (AvgIpc) is 2.78. The first kappa shape index (κ1) is 16.2. The van der Waals surface area contributed by atoms with Crippen molar-refractivity contribution in [3.05, 3.63) is 22.8 Å². The van der Waals surface area contributed by atoms with Crippen LogP contribution < -0.4 is 9.88 Å². The number of esters is 1. The van der Waals surface area contributed by atoms with Crippen LogP contribution in [0.1, 0.15) is 12.0 Å². The molecule has 0 aromatic carbocycles. The Morgan fingerprint density at radius 1 is 1.52 bits per heavy atom. The topological polar surface area (TPSA) is 43.7 Å². The number of carbonyl (C=O) groups is 1. The number of hydrogen-bond donors (Lipinski definition) is 0. The number of pyridine rings is 1. The minimum Gasteiger partial charge on any atom is -0.466 e. The van der Waals surface area contributed by atoms with E-state index in [2.05, 4.69) is 9.72 Å². The highest BCUT2D eigenvalue weighted by molar-refractivity contribution is 6.32. The van der Waals surface area contributed by atoms with E-state index in [4.69, 9.17) is 23.2 Å². The van der Waals surface area contributed by atoms with Gasteiger partial charge < -0.3 is 4.74 Å². The van der Waals surface area contributed by atoms with E-state index in [0.29, 0.717) is 6.42 Å². The Kier molecular flexibility index (Phi) is 4.53. The maximum absolute atomic E-state index is 12.6. The molecule has 0 saturated carbocycles. The van der Waals surface area contributed by atoms with Gasteiger partial charge in [0.05, 0.1) is 18.1 Å². The fraction of sp³-hybridized carbons (Fsp3) is 0.500. The molecule has 0 amide bonds. The Morgan fingerprint density at radius 3 is 2.71 bits per heavy atom. The largest absolute Gasteiger partial charge is 0.466 e. The van der Waals surface area contributed by atoms with Crippen LogP contribution in [-0.4, -0.2) is 31.0 Å². The third kappa shape index (κ3) is 3.35. The van der Waals surface area contributed by atoms with Crippen molar-refractivity contribution < 1.29 is 27.7 Å². The summed E-state index contributed by atoms with van der Waals surface area (Å²) in [5, 5.41) is -0.453. The van der Waals surface area contributed by atoms with Gasteiger partial charge in [-0.3, -0.25) is 0 Å². The smallest absolute Gasteiger partial charge is 0.419 e. The van der Waals surface area contributed by atoms with E-state index in [0.717, 1.165) is 12.3 Å². The van der Waals surface area contributed by atoms with Crippen LogP contribution in [0.25, 0.3) is 0 Å². The number of ether oxygens (including phenoxy) is 1. The lowest BCUT2D eigenvalue weighted by atomic mass is 10.2. The summed E-state index contributed by atoms with van der Waals surface area (Å²) in [6.07, 6.45) is -3.36. The van der Waals surface area contributed by atoms with Gasteiger partial charge in [0, 0.05) is 6.42 Å². The summed E-state index contributed by atoms with van der Waals surface area (Å²) in [4.78, 5) is 15.7. The maximum atomic E-state index is 12.6. The van der Waals surface area contributed by atoms with Gasteiger partial charge in [0.25, 0.3) is 5.82 Å². The van der Waals surface area contributed by atoms with Gasteiger partial charge >= 0.3 is 12.1 Å². The number of rotatable bonds is 2. The zero-order valence-corrected chi connectivity index (χ0v) is 12.4. The molecule has 21 heavy (non-hydrogen) atoms. The fourth-order valence-corrected chi connectivity index (χ4v) is 2.83. The third-order valence-electron chi connectivity index (χ3n) is 3.21. The summed E-state index contributed by atoms with van der Waals surface area (Å²) < 4.78 is 42.5. The number of methoxy groups -OCH3 is 1. The number of aromatic nitrogens is 1. The van der Waals surface area contributed by atoms with Crippen LogP contribution in [0.3, 0.4) is 0 Å². The van der Waals surface area contributed by atoms with E-state index in [-0.39, 0.29) is 22.8 Å². The van der Waals surface area contributed by atoms with Gasteiger partial charge in [-0.1, -0.05) is 11.6 Å². The van der Waals surface area contributed by atoms with E-state index in [1.165, 1.54) is 12.0 Å². The second kappa shape index (κ2) is 5.88. The minimum atomic E-state index is -4.50. The quantitative estimate of drug-likeness (QED) is 0.612. The van der Waals surface area contributed by atoms with Crippen LogP contribution >= 0.6 is 23.2 Å². The molecule has 1 aliphatic rings. The third-order valence-corrected chi connectivity index (χ3v) is 3.81. The van der Waals surface area contributed by atoms with Gasteiger partial charge in [-0.25, -0.2) is 14.7 Å². The number of carbonyl (C=O) groups excluding carboxylic acids is 1. The summed E-state index contributed by atoms with van der Waals surface area (Å²) in [6, 6.07) is 0.131. The summed E-state index contributed by atoms with van der Waals surface area (Å²) in [5.41, 5.74) is -0.896. The van der Waals surface area contributed by atoms with Crippen LogP contribution in [0.5, 0.6) is 0 Å². The summed E-state index contributed by atoms with van der Waals surface area (Å²) in [5.74, 6) is -0.300. The normalized spacial score (nSPS) is 22.5. The second-order valence-electron chi connectivity index (χ2n) is 4.61. The molecule has 0 radical (unpaired) electrons. The number of alkyl halides is 4. The number of hydrogen-bond acceptors (Lipinski definition) is 3. The van der Waals surface area contributed by atoms with Crippen molar-refractivity contribution in [3.63, 3.8) is 0 Å². The molecule has 1 aliphatic heterocycles.